The molecule has 2 aromatic rings. The lowest BCUT2D eigenvalue weighted by atomic mass is 10.0. The van der Waals surface area contributed by atoms with Gasteiger partial charge in [-0.1, -0.05) is 23.7 Å². The lowest BCUT2D eigenvalue weighted by Gasteiger charge is -2.08. The fraction of sp³-hybridized carbons (Fsp3) is 0.214. The van der Waals surface area contributed by atoms with E-state index in [0.29, 0.717) is 16.5 Å². The number of aromatic nitrogens is 1. The summed E-state index contributed by atoms with van der Waals surface area (Å²) in [6.07, 6.45) is 1.74. The smallest absolute Gasteiger partial charge is 0.354 e. The monoisotopic (exact) mass is 279 g/mol. The van der Waals surface area contributed by atoms with Crippen LogP contribution >= 0.6 is 11.6 Å². The van der Waals surface area contributed by atoms with Crippen LogP contribution in [0.5, 0.6) is 5.75 Å². The van der Waals surface area contributed by atoms with Crippen LogP contribution in [0, 0.1) is 6.92 Å². The van der Waals surface area contributed by atoms with Crippen molar-refractivity contribution >= 4 is 17.6 Å². The summed E-state index contributed by atoms with van der Waals surface area (Å²) < 4.78 is 9.90. The van der Waals surface area contributed by atoms with Gasteiger partial charge in [0.15, 0.2) is 0 Å². The summed E-state index contributed by atoms with van der Waals surface area (Å²) >= 11 is 6.28. The third kappa shape index (κ3) is 2.31. The van der Waals surface area contributed by atoms with Crippen LogP contribution in [0.1, 0.15) is 16.1 Å². The largest absolute Gasteiger partial charge is 0.495 e. The molecule has 1 N–H and O–H groups in total. The zero-order valence-corrected chi connectivity index (χ0v) is 11.7. The van der Waals surface area contributed by atoms with Crippen molar-refractivity contribution in [2.24, 2.45) is 0 Å². The van der Waals surface area contributed by atoms with Gasteiger partial charge in [0, 0.05) is 17.3 Å². The summed E-state index contributed by atoms with van der Waals surface area (Å²) in [4.78, 5) is 14.5. The molecule has 5 heteroatoms. The molecule has 0 amide bonds. The molecule has 0 aliphatic carbocycles. The molecule has 4 nitrogen and oxygen atoms in total. The summed E-state index contributed by atoms with van der Waals surface area (Å²) in [7, 11) is 2.91. The van der Waals surface area contributed by atoms with Gasteiger partial charge in [-0.25, -0.2) is 4.79 Å². The molecule has 1 heterocycles. The Bertz CT molecular complexity index is 619. The molecule has 0 saturated heterocycles. The number of halogens is 1. The number of carbonyl (C=O) groups is 1. The van der Waals surface area contributed by atoms with Gasteiger partial charge in [0.25, 0.3) is 0 Å². The van der Waals surface area contributed by atoms with Crippen molar-refractivity contribution in [2.75, 3.05) is 14.2 Å². The van der Waals surface area contributed by atoms with E-state index in [1.807, 2.05) is 19.1 Å². The van der Waals surface area contributed by atoms with Gasteiger partial charge in [-0.15, -0.1) is 0 Å². The van der Waals surface area contributed by atoms with Gasteiger partial charge in [-0.3, -0.25) is 0 Å². The maximum Gasteiger partial charge on any atom is 0.354 e. The van der Waals surface area contributed by atoms with Crippen molar-refractivity contribution in [2.45, 2.75) is 6.92 Å². The summed E-state index contributed by atoms with van der Waals surface area (Å²) in [6.45, 7) is 1.84. The van der Waals surface area contributed by atoms with Crippen LogP contribution in [0.3, 0.4) is 0 Å². The Hall–Kier alpha value is -1.94. The number of rotatable bonds is 3. The molecule has 1 aromatic heterocycles. The number of nitrogens with one attached hydrogen (secondary N) is 1. The van der Waals surface area contributed by atoms with Gasteiger partial charge in [-0.05, 0) is 18.6 Å². The van der Waals surface area contributed by atoms with Crippen molar-refractivity contribution in [1.29, 1.82) is 0 Å². The molecule has 0 atom stereocenters. The molecule has 0 aliphatic heterocycles. The quantitative estimate of drug-likeness (QED) is 0.876. The van der Waals surface area contributed by atoms with E-state index in [-0.39, 0.29) is 0 Å². The van der Waals surface area contributed by atoms with Gasteiger partial charge < -0.3 is 14.5 Å². The lowest BCUT2D eigenvalue weighted by molar-refractivity contribution is 0.0594. The number of ether oxygens (including phenoxy) is 2. The molecule has 19 heavy (non-hydrogen) atoms. The van der Waals surface area contributed by atoms with Crippen LogP contribution < -0.4 is 4.74 Å². The number of aromatic amines is 1. The molecule has 0 fully saturated rings. The molecule has 0 spiro atoms. The predicted octanol–water partition coefficient (Wildman–Crippen LogP) is 3.44. The van der Waals surface area contributed by atoms with Gasteiger partial charge >= 0.3 is 5.97 Å². The number of methoxy groups -OCH3 is 2. The van der Waals surface area contributed by atoms with E-state index in [2.05, 4.69) is 4.98 Å². The zero-order valence-electron chi connectivity index (χ0n) is 10.9. The minimum Gasteiger partial charge on any atom is -0.495 e. The first-order chi connectivity index (χ1) is 9.10. The Labute approximate surface area is 116 Å². The fourth-order valence-electron chi connectivity index (χ4n) is 1.97. The third-order valence-electron chi connectivity index (χ3n) is 3.00. The Balaban J connectivity index is 2.55. The van der Waals surface area contributed by atoms with Crippen molar-refractivity contribution < 1.29 is 14.3 Å². The van der Waals surface area contributed by atoms with Crippen LogP contribution in [0.2, 0.25) is 5.02 Å². The number of carbonyl (C=O) groups excluding carboxylic acids is 1. The average molecular weight is 280 g/mol. The summed E-state index contributed by atoms with van der Waals surface area (Å²) in [5.74, 6) is 0.196. The van der Waals surface area contributed by atoms with Crippen LogP contribution in [0.25, 0.3) is 11.1 Å². The highest BCUT2D eigenvalue weighted by Crippen LogP contribution is 2.37. The minimum atomic E-state index is -0.400. The number of esters is 1. The molecule has 0 saturated carbocycles. The second-order valence-corrected chi connectivity index (χ2v) is 4.39. The molecule has 2 rings (SSSR count). The maximum atomic E-state index is 11.6. The molecule has 0 unspecified atom stereocenters. The summed E-state index contributed by atoms with van der Waals surface area (Å²) in [5.41, 5.74) is 2.88. The first kappa shape index (κ1) is 13.5. The second kappa shape index (κ2) is 5.36. The van der Waals surface area contributed by atoms with Crippen LogP contribution in [0.15, 0.2) is 24.4 Å². The van der Waals surface area contributed by atoms with E-state index < -0.39 is 5.97 Å². The van der Waals surface area contributed by atoms with Crippen molar-refractivity contribution in [1.82, 2.24) is 4.98 Å². The maximum absolute atomic E-state index is 11.6. The molecule has 0 radical (unpaired) electrons. The molecular formula is C14H14ClNO3. The van der Waals surface area contributed by atoms with E-state index in [1.54, 1.807) is 19.4 Å². The first-order valence-corrected chi connectivity index (χ1v) is 6.07. The topological polar surface area (TPSA) is 51.3 Å². The highest BCUT2D eigenvalue weighted by Gasteiger charge is 2.18. The van der Waals surface area contributed by atoms with E-state index in [0.717, 1.165) is 16.7 Å². The molecule has 0 bridgehead atoms. The summed E-state index contributed by atoms with van der Waals surface area (Å²) in [6, 6.07) is 5.52. The van der Waals surface area contributed by atoms with Crippen LogP contribution in [-0.2, 0) is 4.74 Å². The van der Waals surface area contributed by atoms with Crippen molar-refractivity contribution in [3.63, 3.8) is 0 Å². The number of hydrogen-bond acceptors (Lipinski definition) is 3. The Kier molecular flexibility index (Phi) is 3.81. The van der Waals surface area contributed by atoms with Crippen molar-refractivity contribution in [3.05, 3.63) is 40.7 Å². The SMILES string of the molecule is COC(=O)c1[nH]cc(-c2cccc(OC)c2Cl)c1C. The van der Waals surface area contributed by atoms with E-state index in [9.17, 15) is 4.79 Å². The van der Waals surface area contributed by atoms with Crippen LogP contribution in [-0.4, -0.2) is 25.2 Å². The fourth-order valence-corrected chi connectivity index (χ4v) is 2.27. The molecule has 1 aromatic carbocycles. The number of hydrogen-bond donors (Lipinski definition) is 1. The Morgan fingerprint density at radius 3 is 2.63 bits per heavy atom. The van der Waals surface area contributed by atoms with E-state index in [4.69, 9.17) is 21.1 Å². The molecule has 100 valence electrons. The second-order valence-electron chi connectivity index (χ2n) is 4.02. The van der Waals surface area contributed by atoms with Gasteiger partial charge in [0.2, 0.25) is 0 Å². The number of benzene rings is 1. The van der Waals surface area contributed by atoms with Crippen LogP contribution in [0.4, 0.5) is 0 Å². The minimum absolute atomic E-state index is 0.400. The Morgan fingerprint density at radius 2 is 2.00 bits per heavy atom. The molecule has 0 aliphatic rings. The van der Waals surface area contributed by atoms with E-state index in [1.165, 1.54) is 7.11 Å². The highest BCUT2D eigenvalue weighted by molar-refractivity contribution is 6.34. The van der Waals surface area contributed by atoms with Gasteiger partial charge in [0.1, 0.15) is 11.4 Å². The van der Waals surface area contributed by atoms with Gasteiger partial charge in [0.05, 0.1) is 19.2 Å². The predicted molar refractivity (Wildman–Crippen MR) is 73.9 cm³/mol. The van der Waals surface area contributed by atoms with E-state index >= 15 is 0 Å². The summed E-state index contributed by atoms with van der Waals surface area (Å²) in [5, 5.41) is 0.517. The first-order valence-electron chi connectivity index (χ1n) is 5.69. The van der Waals surface area contributed by atoms with Gasteiger partial charge in [-0.2, -0.15) is 0 Å². The normalized spacial score (nSPS) is 10.3. The average Bonchev–Trinajstić information content (AvgIpc) is 2.80. The van der Waals surface area contributed by atoms with Crippen molar-refractivity contribution in [3.8, 4) is 16.9 Å². The highest BCUT2D eigenvalue weighted by atomic mass is 35.5. The zero-order chi connectivity index (χ0) is 14.0. The lowest BCUT2D eigenvalue weighted by Crippen LogP contribution is -2.03. The Morgan fingerprint density at radius 1 is 1.26 bits per heavy atom. The molecular weight excluding hydrogens is 266 g/mol. The number of H-pyrrole nitrogens is 1. The third-order valence-corrected chi connectivity index (χ3v) is 3.39. The standard InChI is InChI=1S/C14H14ClNO3/c1-8-10(7-16-13(8)14(17)19-3)9-5-4-6-11(18-2)12(9)15/h4-7,16H,1-3H3.